The van der Waals surface area contributed by atoms with Crippen molar-refractivity contribution in [3.05, 3.63) is 84.2 Å². The zero-order chi connectivity index (χ0) is 20.8. The fourth-order valence-corrected chi connectivity index (χ4v) is 3.06. The first kappa shape index (κ1) is 19.5. The molecule has 4 rings (SSSR count). The van der Waals surface area contributed by atoms with Crippen LogP contribution in [0.3, 0.4) is 0 Å². The molecule has 0 aliphatic carbocycles. The van der Waals surface area contributed by atoms with Crippen LogP contribution in [0.15, 0.2) is 72.8 Å². The first-order valence-corrected chi connectivity index (χ1v) is 9.54. The van der Waals surface area contributed by atoms with E-state index in [-0.39, 0.29) is 13.2 Å². The van der Waals surface area contributed by atoms with Gasteiger partial charge in [-0.05, 0) is 36.4 Å². The van der Waals surface area contributed by atoms with Crippen molar-refractivity contribution < 1.29 is 18.9 Å². The molecule has 6 heteroatoms. The smallest absolute Gasteiger partial charge is 0.146 e. The maximum atomic E-state index is 5.93. The molecule has 30 heavy (non-hydrogen) atoms. The number of benzene rings is 3. The van der Waals surface area contributed by atoms with Gasteiger partial charge in [0.1, 0.15) is 58.6 Å². The number of hydrogen-bond acceptors (Lipinski definition) is 6. The minimum absolute atomic E-state index is 0.251. The van der Waals surface area contributed by atoms with Gasteiger partial charge in [-0.15, -0.1) is 0 Å². The van der Waals surface area contributed by atoms with E-state index < -0.39 is 0 Å². The Labute approximate surface area is 175 Å². The summed E-state index contributed by atoms with van der Waals surface area (Å²) in [4.78, 5) is 9.62. The first-order valence-electron chi connectivity index (χ1n) is 9.54. The van der Waals surface area contributed by atoms with Crippen LogP contribution in [0.5, 0.6) is 23.0 Å². The van der Waals surface area contributed by atoms with E-state index in [4.69, 9.17) is 28.9 Å². The van der Waals surface area contributed by atoms with Gasteiger partial charge < -0.3 is 18.9 Å². The quantitative estimate of drug-likeness (QED) is 0.422. The summed E-state index contributed by atoms with van der Waals surface area (Å²) in [5.41, 5.74) is 2.58. The molecule has 4 aromatic rings. The van der Waals surface area contributed by atoms with Gasteiger partial charge in [-0.2, -0.15) is 0 Å². The number of hydrogen-bond donors (Lipinski definition) is 0. The number of methoxy groups -OCH3 is 2. The fraction of sp³-hybridized carbons (Fsp3) is 0.167. The summed E-state index contributed by atoms with van der Waals surface area (Å²) in [6.07, 6.45) is 0. The zero-order valence-corrected chi connectivity index (χ0v) is 16.9. The number of aromatic nitrogens is 2. The number of nitrogens with zero attached hydrogens (tertiary/aromatic N) is 2. The van der Waals surface area contributed by atoms with Crippen molar-refractivity contribution in [2.75, 3.05) is 14.2 Å². The van der Waals surface area contributed by atoms with E-state index in [1.165, 1.54) is 0 Å². The predicted octanol–water partition coefficient (Wildman–Crippen LogP) is 4.81. The van der Waals surface area contributed by atoms with Crippen LogP contribution >= 0.6 is 0 Å². The molecule has 0 aliphatic heterocycles. The molecule has 152 valence electrons. The molecule has 0 saturated heterocycles. The standard InChI is InChI=1S/C24H22N2O4/c1-27-21-13-14-22(28-2)24-23(21)25-19(15-29-17-9-5-3-6-10-17)20(26-24)16-30-18-11-7-4-8-12-18/h3-14H,15-16H2,1-2H3. The number of rotatable bonds is 8. The van der Waals surface area contributed by atoms with Crippen LogP contribution in [0, 0.1) is 0 Å². The summed E-state index contributed by atoms with van der Waals surface area (Å²) in [5, 5.41) is 0. The van der Waals surface area contributed by atoms with Gasteiger partial charge in [0.2, 0.25) is 0 Å². The molecule has 0 unspecified atom stereocenters. The second-order valence-electron chi connectivity index (χ2n) is 6.49. The fourth-order valence-electron chi connectivity index (χ4n) is 3.06. The minimum atomic E-state index is 0.251. The number of ether oxygens (including phenoxy) is 4. The normalized spacial score (nSPS) is 10.6. The predicted molar refractivity (Wildman–Crippen MR) is 114 cm³/mol. The Morgan fingerprint density at radius 1 is 0.567 bits per heavy atom. The van der Waals surface area contributed by atoms with Gasteiger partial charge in [-0.25, -0.2) is 9.97 Å². The van der Waals surface area contributed by atoms with Crippen molar-refractivity contribution in [3.8, 4) is 23.0 Å². The average Bonchev–Trinajstić information content (AvgIpc) is 2.81. The summed E-state index contributed by atoms with van der Waals surface area (Å²) in [6, 6.07) is 22.8. The van der Waals surface area contributed by atoms with Crippen LogP contribution in [0.25, 0.3) is 11.0 Å². The molecule has 1 aromatic heterocycles. The zero-order valence-electron chi connectivity index (χ0n) is 16.9. The molecule has 0 radical (unpaired) electrons. The van der Waals surface area contributed by atoms with Gasteiger partial charge in [-0.3, -0.25) is 0 Å². The Kier molecular flexibility index (Phi) is 5.94. The van der Waals surface area contributed by atoms with Crippen molar-refractivity contribution in [1.29, 1.82) is 0 Å². The van der Waals surface area contributed by atoms with Gasteiger partial charge in [0.25, 0.3) is 0 Å². The highest BCUT2D eigenvalue weighted by Gasteiger charge is 2.17. The highest BCUT2D eigenvalue weighted by molar-refractivity contribution is 5.86. The lowest BCUT2D eigenvalue weighted by Gasteiger charge is -2.15. The van der Waals surface area contributed by atoms with E-state index in [2.05, 4.69) is 0 Å². The lowest BCUT2D eigenvalue weighted by Crippen LogP contribution is -2.10. The minimum Gasteiger partial charge on any atom is -0.494 e. The van der Waals surface area contributed by atoms with E-state index in [1.54, 1.807) is 14.2 Å². The molecule has 0 atom stereocenters. The molecule has 0 bridgehead atoms. The molecule has 0 N–H and O–H groups in total. The number of para-hydroxylation sites is 2. The average molecular weight is 402 g/mol. The van der Waals surface area contributed by atoms with Crippen molar-refractivity contribution in [1.82, 2.24) is 9.97 Å². The summed E-state index contributed by atoms with van der Waals surface area (Å²) >= 11 is 0. The first-order chi connectivity index (χ1) is 14.8. The summed E-state index contributed by atoms with van der Waals surface area (Å²) in [5.74, 6) is 2.75. The van der Waals surface area contributed by atoms with Crippen molar-refractivity contribution in [2.45, 2.75) is 13.2 Å². The van der Waals surface area contributed by atoms with Crippen LogP contribution in [-0.4, -0.2) is 24.2 Å². The van der Waals surface area contributed by atoms with E-state index in [0.717, 1.165) is 11.5 Å². The van der Waals surface area contributed by atoms with Crippen molar-refractivity contribution in [3.63, 3.8) is 0 Å². The van der Waals surface area contributed by atoms with Gasteiger partial charge in [-0.1, -0.05) is 36.4 Å². The molecule has 0 spiro atoms. The third-order valence-electron chi connectivity index (χ3n) is 4.58. The van der Waals surface area contributed by atoms with Crippen LogP contribution in [0.4, 0.5) is 0 Å². The Bertz CT molecular complexity index is 1030. The number of fused-ring (bicyclic) bond motifs is 1. The molecular weight excluding hydrogens is 380 g/mol. The molecule has 0 saturated carbocycles. The van der Waals surface area contributed by atoms with E-state index in [0.29, 0.717) is 33.9 Å². The Morgan fingerprint density at radius 3 is 1.33 bits per heavy atom. The lowest BCUT2D eigenvalue weighted by molar-refractivity contribution is 0.278. The van der Waals surface area contributed by atoms with Crippen LogP contribution < -0.4 is 18.9 Å². The Hall–Kier alpha value is -3.80. The SMILES string of the molecule is COc1ccc(OC)c2nc(COc3ccccc3)c(COc3ccccc3)nc12. The van der Waals surface area contributed by atoms with E-state index >= 15 is 0 Å². The lowest BCUT2D eigenvalue weighted by atomic mass is 10.2. The third kappa shape index (κ3) is 4.27. The van der Waals surface area contributed by atoms with Crippen LogP contribution in [0.2, 0.25) is 0 Å². The van der Waals surface area contributed by atoms with E-state index in [1.807, 2.05) is 72.8 Å². The molecule has 0 fully saturated rings. The summed E-state index contributed by atoms with van der Waals surface area (Å²) in [6.45, 7) is 0.502. The second-order valence-corrected chi connectivity index (χ2v) is 6.49. The molecule has 1 heterocycles. The van der Waals surface area contributed by atoms with Crippen molar-refractivity contribution >= 4 is 11.0 Å². The highest BCUT2D eigenvalue weighted by Crippen LogP contribution is 2.31. The highest BCUT2D eigenvalue weighted by atomic mass is 16.5. The monoisotopic (exact) mass is 402 g/mol. The third-order valence-corrected chi connectivity index (χ3v) is 4.58. The van der Waals surface area contributed by atoms with Crippen LogP contribution in [-0.2, 0) is 13.2 Å². The van der Waals surface area contributed by atoms with Crippen LogP contribution in [0.1, 0.15) is 11.4 Å². The summed E-state index contributed by atoms with van der Waals surface area (Å²) in [7, 11) is 3.21. The van der Waals surface area contributed by atoms with Gasteiger partial charge in [0, 0.05) is 0 Å². The van der Waals surface area contributed by atoms with Gasteiger partial charge in [0.05, 0.1) is 14.2 Å². The second kappa shape index (κ2) is 9.13. The molecule has 6 nitrogen and oxygen atoms in total. The van der Waals surface area contributed by atoms with Crippen molar-refractivity contribution in [2.24, 2.45) is 0 Å². The van der Waals surface area contributed by atoms with Gasteiger partial charge >= 0.3 is 0 Å². The molecule has 0 amide bonds. The van der Waals surface area contributed by atoms with E-state index in [9.17, 15) is 0 Å². The van der Waals surface area contributed by atoms with Gasteiger partial charge in [0.15, 0.2) is 0 Å². The largest absolute Gasteiger partial charge is 0.494 e. The summed E-state index contributed by atoms with van der Waals surface area (Å²) < 4.78 is 22.8. The maximum Gasteiger partial charge on any atom is 0.146 e. The maximum absolute atomic E-state index is 5.93. The molecule has 3 aromatic carbocycles. The Balaban J connectivity index is 1.72. The Morgan fingerprint density at radius 2 is 0.967 bits per heavy atom. The topological polar surface area (TPSA) is 62.7 Å². The molecule has 0 aliphatic rings. The molecular formula is C24H22N2O4.